The normalized spacial score (nSPS) is 10.1. The van der Waals surface area contributed by atoms with Gasteiger partial charge in [-0.15, -0.1) is 0 Å². The zero-order chi connectivity index (χ0) is 22.8. The van der Waals surface area contributed by atoms with Gasteiger partial charge in [0.05, 0.1) is 18.4 Å². The number of benzene rings is 1. The SMILES string of the molecule is CC(=O)O.COc1cc(C(=O)O)cc(-c2cccc(C(=O)N(C)CCN(C)C)c2)n1. The van der Waals surface area contributed by atoms with Gasteiger partial charge in [-0.3, -0.25) is 9.59 Å². The number of amides is 1. The number of likely N-dealkylation sites (N-methyl/N-ethyl adjacent to an activating group) is 2. The fraction of sp³-hybridized carbons (Fsp3) is 0.333. The first-order valence-corrected chi connectivity index (χ1v) is 9.04. The Morgan fingerprint density at radius 1 is 1.00 bits per heavy atom. The largest absolute Gasteiger partial charge is 0.481 e. The lowest BCUT2D eigenvalue weighted by Gasteiger charge is -2.20. The van der Waals surface area contributed by atoms with Crippen molar-refractivity contribution in [3.05, 3.63) is 47.5 Å². The monoisotopic (exact) mass is 417 g/mol. The van der Waals surface area contributed by atoms with E-state index in [1.165, 1.54) is 19.2 Å². The van der Waals surface area contributed by atoms with E-state index in [0.717, 1.165) is 13.5 Å². The summed E-state index contributed by atoms with van der Waals surface area (Å²) in [5.41, 5.74) is 1.68. The highest BCUT2D eigenvalue weighted by atomic mass is 16.5. The van der Waals surface area contributed by atoms with Gasteiger partial charge < -0.3 is 24.7 Å². The lowest BCUT2D eigenvalue weighted by atomic mass is 10.1. The summed E-state index contributed by atoms with van der Waals surface area (Å²) in [5.74, 6) is -1.79. The number of hydrogen-bond donors (Lipinski definition) is 2. The molecule has 9 heteroatoms. The second kappa shape index (κ2) is 11.5. The smallest absolute Gasteiger partial charge is 0.335 e. The number of aliphatic carboxylic acids is 1. The molecule has 2 aromatic rings. The van der Waals surface area contributed by atoms with Gasteiger partial charge in [0.25, 0.3) is 11.9 Å². The van der Waals surface area contributed by atoms with E-state index in [1.807, 2.05) is 19.0 Å². The van der Waals surface area contributed by atoms with Crippen LogP contribution in [0.2, 0.25) is 0 Å². The van der Waals surface area contributed by atoms with E-state index in [9.17, 15) is 14.7 Å². The van der Waals surface area contributed by atoms with E-state index >= 15 is 0 Å². The summed E-state index contributed by atoms with van der Waals surface area (Å²) < 4.78 is 5.08. The molecule has 0 aliphatic heterocycles. The molecule has 1 amide bonds. The average Bonchev–Trinajstić information content (AvgIpc) is 2.70. The number of nitrogens with zero attached hydrogens (tertiary/aromatic N) is 3. The van der Waals surface area contributed by atoms with Crippen LogP contribution < -0.4 is 4.74 Å². The van der Waals surface area contributed by atoms with Gasteiger partial charge in [0.2, 0.25) is 5.88 Å². The summed E-state index contributed by atoms with van der Waals surface area (Å²) in [6, 6.07) is 9.80. The lowest BCUT2D eigenvalue weighted by Crippen LogP contribution is -2.33. The van der Waals surface area contributed by atoms with E-state index in [2.05, 4.69) is 4.98 Å². The molecule has 9 nitrogen and oxygen atoms in total. The van der Waals surface area contributed by atoms with Crippen LogP contribution in [0.5, 0.6) is 5.88 Å². The Balaban J connectivity index is 0.00000103. The molecule has 2 N–H and O–H groups in total. The predicted molar refractivity (Wildman–Crippen MR) is 112 cm³/mol. The van der Waals surface area contributed by atoms with Crippen molar-refractivity contribution in [2.45, 2.75) is 6.92 Å². The number of pyridine rings is 1. The van der Waals surface area contributed by atoms with Crippen molar-refractivity contribution in [3.8, 4) is 17.1 Å². The van der Waals surface area contributed by atoms with E-state index in [1.54, 1.807) is 36.2 Å². The Morgan fingerprint density at radius 3 is 2.17 bits per heavy atom. The minimum absolute atomic E-state index is 0.0756. The molecular formula is C21H27N3O6. The second-order valence-corrected chi connectivity index (χ2v) is 6.72. The third kappa shape index (κ3) is 7.88. The summed E-state index contributed by atoms with van der Waals surface area (Å²) in [6.45, 7) is 2.46. The highest BCUT2D eigenvalue weighted by Gasteiger charge is 2.15. The molecule has 0 unspecified atom stereocenters. The molecule has 0 bridgehead atoms. The molecule has 0 radical (unpaired) electrons. The summed E-state index contributed by atoms with van der Waals surface area (Å²) >= 11 is 0. The maximum absolute atomic E-state index is 12.6. The Labute approximate surface area is 175 Å². The third-order valence-electron chi connectivity index (χ3n) is 3.89. The fourth-order valence-electron chi connectivity index (χ4n) is 2.36. The summed E-state index contributed by atoms with van der Waals surface area (Å²) in [4.78, 5) is 40.9. The van der Waals surface area contributed by atoms with Gasteiger partial charge in [0.1, 0.15) is 0 Å². The van der Waals surface area contributed by atoms with E-state index in [0.29, 0.717) is 23.4 Å². The Hall–Kier alpha value is -3.46. The molecule has 1 aromatic carbocycles. The van der Waals surface area contributed by atoms with Gasteiger partial charge in [-0.1, -0.05) is 12.1 Å². The zero-order valence-corrected chi connectivity index (χ0v) is 17.7. The lowest BCUT2D eigenvalue weighted by molar-refractivity contribution is -0.134. The molecule has 0 atom stereocenters. The number of carboxylic acid groups (broad SMARTS) is 2. The third-order valence-corrected chi connectivity index (χ3v) is 3.89. The van der Waals surface area contributed by atoms with Crippen LogP contribution in [0, 0.1) is 0 Å². The number of carboxylic acids is 2. The molecule has 1 heterocycles. The summed E-state index contributed by atoms with van der Waals surface area (Å²) in [7, 11) is 7.09. The van der Waals surface area contributed by atoms with Crippen LogP contribution in [0.1, 0.15) is 27.6 Å². The molecule has 2 rings (SSSR count). The minimum Gasteiger partial charge on any atom is -0.481 e. The number of carbonyl (C=O) groups is 3. The molecule has 0 saturated carbocycles. The zero-order valence-electron chi connectivity index (χ0n) is 17.7. The Bertz CT molecular complexity index is 894. The van der Waals surface area contributed by atoms with Crippen molar-refractivity contribution in [3.63, 3.8) is 0 Å². The second-order valence-electron chi connectivity index (χ2n) is 6.72. The van der Waals surface area contributed by atoms with Gasteiger partial charge in [-0.25, -0.2) is 9.78 Å². The summed E-state index contributed by atoms with van der Waals surface area (Å²) in [6.07, 6.45) is 0. The van der Waals surface area contributed by atoms with Gasteiger partial charge in [0, 0.05) is 44.3 Å². The molecule has 30 heavy (non-hydrogen) atoms. The number of carbonyl (C=O) groups excluding carboxylic acids is 1. The van der Waals surface area contributed by atoms with Crippen LogP contribution in [0.4, 0.5) is 0 Å². The number of methoxy groups -OCH3 is 1. The Morgan fingerprint density at radius 2 is 1.63 bits per heavy atom. The van der Waals surface area contributed by atoms with Gasteiger partial charge >= 0.3 is 5.97 Å². The van der Waals surface area contributed by atoms with Crippen LogP contribution in [-0.2, 0) is 4.79 Å². The van der Waals surface area contributed by atoms with Gasteiger partial charge in [-0.2, -0.15) is 0 Å². The standard InChI is InChI=1S/C19H23N3O4.C2H4O2/c1-21(2)8-9-22(3)18(23)14-7-5-6-13(10-14)16-11-15(19(24)25)12-17(20-16)26-4;1-2(3)4/h5-7,10-12H,8-9H2,1-4H3,(H,24,25);1H3,(H,3,4). The molecule has 1 aromatic heterocycles. The fourth-order valence-corrected chi connectivity index (χ4v) is 2.36. The highest BCUT2D eigenvalue weighted by Crippen LogP contribution is 2.23. The van der Waals surface area contributed by atoms with Crippen LogP contribution in [0.15, 0.2) is 36.4 Å². The first-order chi connectivity index (χ1) is 14.0. The van der Waals surface area contributed by atoms with Gasteiger partial charge in [-0.05, 0) is 32.3 Å². The quantitative estimate of drug-likeness (QED) is 0.703. The highest BCUT2D eigenvalue weighted by molar-refractivity contribution is 5.95. The maximum Gasteiger partial charge on any atom is 0.335 e. The van der Waals surface area contributed by atoms with Crippen molar-refractivity contribution >= 4 is 17.8 Å². The first kappa shape index (κ1) is 24.6. The molecule has 0 saturated heterocycles. The maximum atomic E-state index is 12.6. The van der Waals surface area contributed by atoms with Crippen molar-refractivity contribution < 1.29 is 29.3 Å². The first-order valence-electron chi connectivity index (χ1n) is 9.04. The number of hydrogen-bond acceptors (Lipinski definition) is 6. The number of ether oxygens (including phenoxy) is 1. The molecular weight excluding hydrogens is 390 g/mol. The number of aromatic nitrogens is 1. The van der Waals surface area contributed by atoms with E-state index < -0.39 is 11.9 Å². The van der Waals surface area contributed by atoms with Crippen molar-refractivity contribution in [2.75, 3.05) is 41.3 Å². The van der Waals surface area contributed by atoms with Crippen LogP contribution in [-0.4, -0.2) is 84.2 Å². The molecule has 0 fully saturated rings. The Kier molecular flexibility index (Phi) is 9.44. The van der Waals surface area contributed by atoms with Crippen molar-refractivity contribution in [2.24, 2.45) is 0 Å². The molecule has 0 aliphatic carbocycles. The van der Waals surface area contributed by atoms with E-state index in [4.69, 9.17) is 14.6 Å². The molecule has 0 aliphatic rings. The topological polar surface area (TPSA) is 120 Å². The van der Waals surface area contributed by atoms with Crippen LogP contribution in [0.3, 0.4) is 0 Å². The number of aromatic carboxylic acids is 1. The van der Waals surface area contributed by atoms with Crippen molar-refractivity contribution in [1.82, 2.24) is 14.8 Å². The van der Waals surface area contributed by atoms with Crippen LogP contribution >= 0.6 is 0 Å². The average molecular weight is 417 g/mol. The van der Waals surface area contributed by atoms with Gasteiger partial charge in [0.15, 0.2) is 0 Å². The van der Waals surface area contributed by atoms with Crippen molar-refractivity contribution in [1.29, 1.82) is 0 Å². The van der Waals surface area contributed by atoms with Crippen LogP contribution in [0.25, 0.3) is 11.3 Å². The number of rotatable bonds is 7. The molecule has 162 valence electrons. The van der Waals surface area contributed by atoms with E-state index in [-0.39, 0.29) is 17.4 Å². The minimum atomic E-state index is -1.07. The summed E-state index contributed by atoms with van der Waals surface area (Å²) in [5, 5.41) is 16.7. The predicted octanol–water partition coefficient (Wildman–Crippen LogP) is 2.18. The molecule has 0 spiro atoms.